The van der Waals surface area contributed by atoms with E-state index in [0.29, 0.717) is 21.7 Å². The Kier molecular flexibility index (Phi) is 6.59. The maximum absolute atomic E-state index is 12.4. The Bertz CT molecular complexity index is 695. The molecule has 6 nitrogen and oxygen atoms in total. The van der Waals surface area contributed by atoms with Gasteiger partial charge >= 0.3 is 0 Å². The van der Waals surface area contributed by atoms with E-state index in [-0.39, 0.29) is 18.2 Å². The number of anilines is 2. The fourth-order valence-corrected chi connectivity index (χ4v) is 3.34. The summed E-state index contributed by atoms with van der Waals surface area (Å²) in [6.07, 6.45) is 1.73. The predicted octanol–water partition coefficient (Wildman–Crippen LogP) is 2.78. The summed E-state index contributed by atoms with van der Waals surface area (Å²) >= 11 is 2.69. The Balaban J connectivity index is 1.95. The molecule has 1 amide bonds. The quantitative estimate of drug-likeness (QED) is 0.450. The Labute approximate surface area is 142 Å². The van der Waals surface area contributed by atoms with Crippen molar-refractivity contribution in [2.75, 3.05) is 29.1 Å². The van der Waals surface area contributed by atoms with Crippen LogP contribution < -0.4 is 10.2 Å². The van der Waals surface area contributed by atoms with Crippen LogP contribution in [0.25, 0.3) is 0 Å². The maximum Gasteiger partial charge on any atom is 0.238 e. The third kappa shape index (κ3) is 5.09. The average molecular weight is 345 g/mol. The van der Waals surface area contributed by atoms with Gasteiger partial charge in [0.05, 0.1) is 11.8 Å². The van der Waals surface area contributed by atoms with Crippen molar-refractivity contribution in [3.05, 3.63) is 43.0 Å². The number of para-hydroxylation sites is 1. The van der Waals surface area contributed by atoms with Gasteiger partial charge in [0.15, 0.2) is 4.34 Å². The van der Waals surface area contributed by atoms with E-state index in [0.717, 1.165) is 0 Å². The molecule has 0 saturated heterocycles. The van der Waals surface area contributed by atoms with Crippen LogP contribution in [0.5, 0.6) is 0 Å². The lowest BCUT2D eigenvalue weighted by molar-refractivity contribution is -0.116. The summed E-state index contributed by atoms with van der Waals surface area (Å²) in [6.45, 7) is 4.25. The summed E-state index contributed by atoms with van der Waals surface area (Å²) in [5.41, 5.74) is 0.713. The van der Waals surface area contributed by atoms with Crippen molar-refractivity contribution < 1.29 is 4.79 Å². The molecule has 2 aromatic rings. The number of benzene rings is 1. The van der Waals surface area contributed by atoms with Gasteiger partial charge in [-0.1, -0.05) is 47.4 Å². The number of rotatable bonds is 8. The summed E-state index contributed by atoms with van der Waals surface area (Å²) in [4.78, 5) is 13.8. The van der Waals surface area contributed by atoms with Gasteiger partial charge < -0.3 is 5.32 Å². The smallest absolute Gasteiger partial charge is 0.238 e. The van der Waals surface area contributed by atoms with E-state index in [9.17, 15) is 4.79 Å². The number of hydrogen-bond acceptors (Lipinski definition) is 7. The molecule has 0 saturated carbocycles. The van der Waals surface area contributed by atoms with Crippen molar-refractivity contribution in [3.8, 4) is 6.07 Å². The normalized spacial score (nSPS) is 9.87. The highest BCUT2D eigenvalue weighted by Crippen LogP contribution is 2.26. The first kappa shape index (κ1) is 17.0. The number of hydrogen-bond donors (Lipinski definition) is 1. The molecule has 1 heterocycles. The highest BCUT2D eigenvalue weighted by atomic mass is 32.2. The van der Waals surface area contributed by atoms with Crippen molar-refractivity contribution in [3.63, 3.8) is 0 Å². The summed E-state index contributed by atoms with van der Waals surface area (Å²) in [5.74, 6) is 0.0608. The fourth-order valence-electron chi connectivity index (χ4n) is 1.70. The average Bonchev–Trinajstić information content (AvgIpc) is 3.04. The zero-order valence-corrected chi connectivity index (χ0v) is 13.9. The van der Waals surface area contributed by atoms with Gasteiger partial charge in [0.25, 0.3) is 0 Å². The van der Waals surface area contributed by atoms with Crippen LogP contribution >= 0.6 is 23.1 Å². The number of nitrogens with one attached hydrogen (secondary N) is 1. The molecule has 23 heavy (non-hydrogen) atoms. The van der Waals surface area contributed by atoms with Gasteiger partial charge in [-0.25, -0.2) is 0 Å². The molecule has 1 N–H and O–H groups in total. The molecule has 0 unspecified atom stereocenters. The minimum atomic E-state index is -0.140. The first-order valence-corrected chi connectivity index (χ1v) is 8.58. The summed E-state index contributed by atoms with van der Waals surface area (Å²) in [7, 11) is 0. The largest absolute Gasteiger partial charge is 0.357 e. The number of carbonyl (C=O) groups is 1. The molecule has 1 aromatic heterocycles. The molecule has 0 aliphatic rings. The summed E-state index contributed by atoms with van der Waals surface area (Å²) in [6, 6.07) is 11.2. The molecule has 0 aliphatic heterocycles. The number of nitriles is 1. The number of amides is 1. The van der Waals surface area contributed by atoms with Crippen molar-refractivity contribution in [2.45, 2.75) is 4.34 Å². The van der Waals surface area contributed by atoms with Crippen LogP contribution in [0, 0.1) is 11.3 Å². The number of aromatic nitrogens is 2. The first-order valence-electron chi connectivity index (χ1n) is 6.78. The van der Waals surface area contributed by atoms with E-state index < -0.39 is 0 Å². The van der Waals surface area contributed by atoms with E-state index >= 15 is 0 Å². The molecule has 118 valence electrons. The van der Waals surface area contributed by atoms with E-state index in [1.165, 1.54) is 28.0 Å². The lowest BCUT2D eigenvalue weighted by atomic mass is 10.3. The first-order chi connectivity index (χ1) is 11.2. The molecule has 2 rings (SSSR count). The van der Waals surface area contributed by atoms with Crippen LogP contribution in [0.3, 0.4) is 0 Å². The number of thioether (sulfide) groups is 1. The minimum Gasteiger partial charge on any atom is -0.357 e. The second-order valence-corrected chi connectivity index (χ2v) is 6.50. The second-order valence-electron chi connectivity index (χ2n) is 4.30. The Hall–Kier alpha value is -2.37. The standard InChI is InChI=1S/C15H15N5OS2/c1-2-9-17-14-18-19-15(23-14)22-11-13(21)20(10-8-16)12-6-4-3-5-7-12/h2-7H,1,9-11H2,(H,17,18). The monoisotopic (exact) mass is 345 g/mol. The molecule has 0 aliphatic carbocycles. The van der Waals surface area contributed by atoms with Gasteiger partial charge in [-0.05, 0) is 12.1 Å². The molecule has 0 fully saturated rings. The highest BCUT2D eigenvalue weighted by Gasteiger charge is 2.16. The second kappa shape index (κ2) is 8.92. The summed E-state index contributed by atoms with van der Waals surface area (Å²) < 4.78 is 0.704. The molecule has 8 heteroatoms. The summed E-state index contributed by atoms with van der Waals surface area (Å²) in [5, 5.41) is 20.7. The number of nitrogens with zero attached hydrogens (tertiary/aromatic N) is 4. The van der Waals surface area contributed by atoms with Crippen molar-refractivity contribution >= 4 is 39.8 Å². The number of carbonyl (C=O) groups excluding carboxylic acids is 1. The zero-order valence-electron chi connectivity index (χ0n) is 12.3. The van der Waals surface area contributed by atoms with Crippen LogP contribution in [0.1, 0.15) is 0 Å². The third-order valence-corrected chi connectivity index (χ3v) is 4.72. The fraction of sp³-hybridized carbons (Fsp3) is 0.200. The van der Waals surface area contributed by atoms with Crippen molar-refractivity contribution in [2.24, 2.45) is 0 Å². The van der Waals surface area contributed by atoms with Crippen molar-refractivity contribution in [1.82, 2.24) is 10.2 Å². The van der Waals surface area contributed by atoms with E-state index in [2.05, 4.69) is 22.1 Å². The van der Waals surface area contributed by atoms with Crippen LogP contribution in [0.15, 0.2) is 47.3 Å². The molecule has 0 bridgehead atoms. The van der Waals surface area contributed by atoms with Crippen LogP contribution in [-0.4, -0.2) is 34.9 Å². The van der Waals surface area contributed by atoms with Gasteiger partial charge in [0.2, 0.25) is 11.0 Å². The zero-order chi connectivity index (χ0) is 16.5. The van der Waals surface area contributed by atoms with Gasteiger partial charge in [-0.3, -0.25) is 9.69 Å². The predicted molar refractivity (Wildman–Crippen MR) is 93.7 cm³/mol. The topological polar surface area (TPSA) is 81.9 Å². The Morgan fingerprint density at radius 1 is 1.43 bits per heavy atom. The van der Waals surface area contributed by atoms with E-state index in [1.54, 1.807) is 6.08 Å². The van der Waals surface area contributed by atoms with Gasteiger partial charge in [0, 0.05) is 12.2 Å². The Morgan fingerprint density at radius 2 is 2.22 bits per heavy atom. The minimum absolute atomic E-state index is 0.0195. The Morgan fingerprint density at radius 3 is 2.91 bits per heavy atom. The van der Waals surface area contributed by atoms with Crippen LogP contribution in [-0.2, 0) is 4.79 Å². The maximum atomic E-state index is 12.4. The van der Waals surface area contributed by atoms with Gasteiger partial charge in [-0.15, -0.1) is 16.8 Å². The van der Waals surface area contributed by atoms with Gasteiger partial charge in [0.1, 0.15) is 6.54 Å². The van der Waals surface area contributed by atoms with E-state index in [4.69, 9.17) is 5.26 Å². The molecule has 1 aromatic carbocycles. The molecule has 0 atom stereocenters. The highest BCUT2D eigenvalue weighted by molar-refractivity contribution is 8.01. The van der Waals surface area contributed by atoms with Crippen LogP contribution in [0.4, 0.5) is 10.8 Å². The lowest BCUT2D eigenvalue weighted by Crippen LogP contribution is -2.32. The third-order valence-electron chi connectivity index (χ3n) is 2.72. The van der Waals surface area contributed by atoms with Crippen LogP contribution in [0.2, 0.25) is 0 Å². The molecule has 0 spiro atoms. The molecular weight excluding hydrogens is 330 g/mol. The van der Waals surface area contributed by atoms with Crippen molar-refractivity contribution in [1.29, 1.82) is 5.26 Å². The van der Waals surface area contributed by atoms with E-state index in [1.807, 2.05) is 36.4 Å². The molecular formula is C15H15N5OS2. The lowest BCUT2D eigenvalue weighted by Gasteiger charge is -2.19. The SMILES string of the molecule is C=CCNc1nnc(SCC(=O)N(CC#N)c2ccccc2)s1. The molecule has 0 radical (unpaired) electrons. The van der Waals surface area contributed by atoms with Gasteiger partial charge in [-0.2, -0.15) is 5.26 Å².